The number of carbonyl (C=O) groups excluding carboxylic acids is 2. The fourth-order valence-electron chi connectivity index (χ4n) is 3.71. The van der Waals surface area contributed by atoms with Gasteiger partial charge in [0.25, 0.3) is 0 Å². The van der Waals surface area contributed by atoms with Gasteiger partial charge < -0.3 is 20.7 Å². The maximum Gasteiger partial charge on any atom is 0.315 e. The molecule has 3 amide bonds. The Morgan fingerprint density at radius 1 is 1.08 bits per heavy atom. The third-order valence-electron chi connectivity index (χ3n) is 5.00. The van der Waals surface area contributed by atoms with Gasteiger partial charge in [-0.1, -0.05) is 0 Å². The molecule has 26 heavy (non-hydrogen) atoms. The van der Waals surface area contributed by atoms with Gasteiger partial charge in [0.2, 0.25) is 5.91 Å². The molecule has 3 N–H and O–H groups in total. The van der Waals surface area contributed by atoms with Crippen molar-refractivity contribution in [3.05, 3.63) is 29.8 Å². The number of nitrogens with two attached hydrogens (primary N) is 1. The van der Waals surface area contributed by atoms with E-state index in [9.17, 15) is 18.4 Å². The molecule has 142 valence electrons. The van der Waals surface area contributed by atoms with Gasteiger partial charge in [-0.15, -0.1) is 0 Å². The van der Waals surface area contributed by atoms with Crippen LogP contribution in [0.25, 0.3) is 0 Å². The largest absolute Gasteiger partial charge is 0.490 e. The molecule has 1 aromatic rings. The summed E-state index contributed by atoms with van der Waals surface area (Å²) in [4.78, 5) is 25.2. The van der Waals surface area contributed by atoms with Crippen molar-refractivity contribution in [3.8, 4) is 5.75 Å². The van der Waals surface area contributed by atoms with Crippen LogP contribution >= 0.6 is 0 Å². The molecular weight excluding hydrogens is 344 g/mol. The van der Waals surface area contributed by atoms with Crippen LogP contribution in [0.2, 0.25) is 0 Å². The zero-order valence-electron chi connectivity index (χ0n) is 14.4. The zero-order valence-corrected chi connectivity index (χ0v) is 14.4. The predicted octanol–water partition coefficient (Wildman–Crippen LogP) is 2.31. The Labute approximate surface area is 150 Å². The summed E-state index contributed by atoms with van der Waals surface area (Å²) in [6.45, 7) is 0.512. The Bertz CT molecular complexity index is 657. The normalized spacial score (nSPS) is 25.8. The van der Waals surface area contributed by atoms with E-state index in [-0.39, 0.29) is 23.8 Å². The number of rotatable bonds is 4. The standard InChI is InChI=1S/C18H23F2N3O3/c19-11-8-12(20)10-15(9-11)26-14-5-3-13(4-6-14)22-17(24)16-2-1-7-23(16)18(21)25/h8-10,13-14,16H,1-7H2,(H2,21,25)(H,22,24)/t13?,14?,16-/m0/s1. The Morgan fingerprint density at radius 2 is 1.73 bits per heavy atom. The molecular formula is C18H23F2N3O3. The number of primary amides is 1. The van der Waals surface area contributed by atoms with Crippen molar-refractivity contribution >= 4 is 11.9 Å². The van der Waals surface area contributed by atoms with Gasteiger partial charge in [0.15, 0.2) is 0 Å². The minimum atomic E-state index is -0.670. The minimum absolute atomic E-state index is 0.00178. The van der Waals surface area contributed by atoms with E-state index >= 15 is 0 Å². The minimum Gasteiger partial charge on any atom is -0.490 e. The summed E-state index contributed by atoms with van der Waals surface area (Å²) in [7, 11) is 0. The number of hydrogen-bond donors (Lipinski definition) is 2. The number of urea groups is 1. The second-order valence-corrected chi connectivity index (χ2v) is 6.89. The van der Waals surface area contributed by atoms with Gasteiger partial charge in [0.05, 0.1) is 6.10 Å². The summed E-state index contributed by atoms with van der Waals surface area (Å²) in [5, 5.41) is 2.98. The monoisotopic (exact) mass is 367 g/mol. The van der Waals surface area contributed by atoms with Crippen molar-refractivity contribution in [1.29, 1.82) is 0 Å². The number of nitrogens with zero attached hydrogens (tertiary/aromatic N) is 1. The van der Waals surface area contributed by atoms with Crippen LogP contribution in [-0.2, 0) is 4.79 Å². The second-order valence-electron chi connectivity index (χ2n) is 6.89. The highest BCUT2D eigenvalue weighted by Gasteiger charge is 2.34. The van der Waals surface area contributed by atoms with Crippen LogP contribution in [-0.4, -0.2) is 41.6 Å². The van der Waals surface area contributed by atoms with Crippen LogP contribution in [0.15, 0.2) is 18.2 Å². The van der Waals surface area contributed by atoms with Crippen LogP contribution in [0.4, 0.5) is 13.6 Å². The molecule has 0 unspecified atom stereocenters. The third-order valence-corrected chi connectivity index (χ3v) is 5.00. The first-order valence-corrected chi connectivity index (χ1v) is 8.91. The van der Waals surface area contributed by atoms with Crippen molar-refractivity contribution in [1.82, 2.24) is 10.2 Å². The van der Waals surface area contributed by atoms with E-state index in [0.717, 1.165) is 24.6 Å². The third kappa shape index (κ3) is 4.42. The lowest BCUT2D eigenvalue weighted by molar-refractivity contribution is -0.125. The molecule has 0 bridgehead atoms. The van der Waals surface area contributed by atoms with Gasteiger partial charge in [-0.05, 0) is 38.5 Å². The van der Waals surface area contributed by atoms with Crippen molar-refractivity contribution in [2.24, 2.45) is 5.73 Å². The first-order chi connectivity index (χ1) is 12.4. The molecule has 0 spiro atoms. The molecule has 1 atom stereocenters. The predicted molar refractivity (Wildman–Crippen MR) is 90.5 cm³/mol. The lowest BCUT2D eigenvalue weighted by atomic mass is 9.92. The van der Waals surface area contributed by atoms with Crippen molar-refractivity contribution in [2.45, 2.75) is 56.7 Å². The molecule has 1 aliphatic carbocycles. The number of hydrogen-bond acceptors (Lipinski definition) is 3. The lowest BCUT2D eigenvalue weighted by Crippen LogP contribution is -2.51. The topological polar surface area (TPSA) is 84.7 Å². The molecule has 8 heteroatoms. The molecule has 2 aliphatic rings. The molecule has 1 heterocycles. The fraction of sp³-hybridized carbons (Fsp3) is 0.556. The van der Waals surface area contributed by atoms with Crippen LogP contribution in [0.5, 0.6) is 5.75 Å². The molecule has 0 radical (unpaired) electrons. The first-order valence-electron chi connectivity index (χ1n) is 8.91. The lowest BCUT2D eigenvalue weighted by Gasteiger charge is -2.31. The highest BCUT2D eigenvalue weighted by Crippen LogP contribution is 2.26. The molecule has 6 nitrogen and oxygen atoms in total. The maximum absolute atomic E-state index is 13.2. The van der Waals surface area contributed by atoms with Gasteiger partial charge >= 0.3 is 6.03 Å². The molecule has 1 aromatic carbocycles. The molecule has 1 saturated carbocycles. The van der Waals surface area contributed by atoms with Crippen LogP contribution in [0.3, 0.4) is 0 Å². The Morgan fingerprint density at radius 3 is 2.35 bits per heavy atom. The van der Waals surface area contributed by atoms with Gasteiger partial charge in [-0.3, -0.25) is 4.79 Å². The van der Waals surface area contributed by atoms with E-state index in [4.69, 9.17) is 10.5 Å². The van der Waals surface area contributed by atoms with Gasteiger partial charge in [0.1, 0.15) is 23.4 Å². The van der Waals surface area contributed by atoms with Gasteiger partial charge in [-0.2, -0.15) is 0 Å². The molecule has 2 fully saturated rings. The van der Waals surface area contributed by atoms with E-state index in [1.807, 2.05) is 0 Å². The SMILES string of the molecule is NC(=O)N1CCC[C@H]1C(=O)NC1CCC(Oc2cc(F)cc(F)c2)CC1. The zero-order chi connectivity index (χ0) is 18.7. The number of ether oxygens (including phenoxy) is 1. The average Bonchev–Trinajstić information content (AvgIpc) is 3.06. The maximum atomic E-state index is 13.2. The van der Waals surface area contributed by atoms with E-state index in [2.05, 4.69) is 5.32 Å². The molecule has 1 aliphatic heterocycles. The Hall–Kier alpha value is -2.38. The summed E-state index contributed by atoms with van der Waals surface area (Å²) in [5.41, 5.74) is 5.31. The Balaban J connectivity index is 1.48. The van der Waals surface area contributed by atoms with Crippen molar-refractivity contribution in [2.75, 3.05) is 6.54 Å². The number of halogens is 2. The number of amides is 3. The number of carbonyl (C=O) groups is 2. The summed E-state index contributed by atoms with van der Waals surface area (Å²) >= 11 is 0. The highest BCUT2D eigenvalue weighted by molar-refractivity contribution is 5.87. The van der Waals surface area contributed by atoms with Crippen LogP contribution in [0.1, 0.15) is 38.5 Å². The average molecular weight is 367 g/mol. The number of nitrogens with one attached hydrogen (secondary N) is 1. The highest BCUT2D eigenvalue weighted by atomic mass is 19.1. The summed E-state index contributed by atoms with van der Waals surface area (Å²) in [6, 6.07) is 2.07. The number of benzene rings is 1. The number of likely N-dealkylation sites (tertiary alicyclic amines) is 1. The van der Waals surface area contributed by atoms with E-state index in [0.29, 0.717) is 38.6 Å². The van der Waals surface area contributed by atoms with E-state index < -0.39 is 23.7 Å². The molecule has 0 aromatic heterocycles. The quantitative estimate of drug-likeness (QED) is 0.856. The summed E-state index contributed by atoms with van der Waals surface area (Å²) < 4.78 is 32.1. The van der Waals surface area contributed by atoms with Crippen molar-refractivity contribution < 1.29 is 23.1 Å². The fourth-order valence-corrected chi connectivity index (χ4v) is 3.71. The summed E-state index contributed by atoms with van der Waals surface area (Å²) in [5.74, 6) is -1.33. The van der Waals surface area contributed by atoms with Gasteiger partial charge in [0, 0.05) is 30.8 Å². The van der Waals surface area contributed by atoms with Crippen molar-refractivity contribution in [3.63, 3.8) is 0 Å². The summed E-state index contributed by atoms with van der Waals surface area (Å²) in [6.07, 6.45) is 4.01. The smallest absolute Gasteiger partial charge is 0.315 e. The first kappa shape index (κ1) is 18.4. The van der Waals surface area contributed by atoms with Gasteiger partial charge in [-0.25, -0.2) is 13.6 Å². The van der Waals surface area contributed by atoms with Crippen LogP contribution in [0, 0.1) is 11.6 Å². The molecule has 1 saturated heterocycles. The Kier molecular flexibility index (Phi) is 5.58. The molecule has 3 rings (SSSR count). The second kappa shape index (κ2) is 7.88. The van der Waals surface area contributed by atoms with E-state index in [1.54, 1.807) is 0 Å². The van der Waals surface area contributed by atoms with E-state index in [1.165, 1.54) is 4.90 Å². The van der Waals surface area contributed by atoms with Crippen LogP contribution < -0.4 is 15.8 Å².